The van der Waals surface area contributed by atoms with E-state index in [0.29, 0.717) is 13.2 Å². The Morgan fingerprint density at radius 1 is 0.970 bits per heavy atom. The lowest BCUT2D eigenvalue weighted by Gasteiger charge is -2.13. The van der Waals surface area contributed by atoms with E-state index in [4.69, 9.17) is 14.6 Å². The zero-order valence-electron chi connectivity index (χ0n) is 18.7. The first-order valence-corrected chi connectivity index (χ1v) is 11.3. The van der Waals surface area contributed by atoms with Crippen molar-refractivity contribution >= 4 is 16.9 Å². The normalized spacial score (nSPS) is 10.9. The second-order valence-corrected chi connectivity index (χ2v) is 7.92. The van der Waals surface area contributed by atoms with Crippen LogP contribution in [0.15, 0.2) is 66.7 Å². The molecule has 0 amide bonds. The fraction of sp³-hybridized carbons (Fsp3) is 0.259. The van der Waals surface area contributed by atoms with Gasteiger partial charge in [-0.15, -0.1) is 0 Å². The van der Waals surface area contributed by atoms with Crippen molar-refractivity contribution in [3.8, 4) is 22.8 Å². The van der Waals surface area contributed by atoms with E-state index in [1.807, 2.05) is 24.3 Å². The minimum atomic E-state index is -0.840. The summed E-state index contributed by atoms with van der Waals surface area (Å²) in [6.45, 7) is 3.22. The van der Waals surface area contributed by atoms with Gasteiger partial charge in [-0.05, 0) is 36.2 Å². The van der Waals surface area contributed by atoms with Crippen molar-refractivity contribution in [3.05, 3.63) is 77.9 Å². The molecule has 0 saturated carbocycles. The number of nitrogens with one attached hydrogen (secondary N) is 1. The Morgan fingerprint density at radius 2 is 1.73 bits per heavy atom. The van der Waals surface area contributed by atoms with Crippen LogP contribution in [0.2, 0.25) is 0 Å². The third kappa shape index (κ3) is 5.52. The summed E-state index contributed by atoms with van der Waals surface area (Å²) in [4.78, 5) is 10.8. The van der Waals surface area contributed by atoms with E-state index in [-0.39, 0.29) is 6.42 Å². The summed E-state index contributed by atoms with van der Waals surface area (Å²) in [6, 6.07) is 21.5. The van der Waals surface area contributed by atoms with E-state index in [1.54, 1.807) is 24.3 Å². The fourth-order valence-electron chi connectivity index (χ4n) is 3.88. The summed E-state index contributed by atoms with van der Waals surface area (Å²) in [5, 5.41) is 17.8. The molecule has 0 radical (unpaired) electrons. The first-order valence-electron chi connectivity index (χ1n) is 11.3. The molecule has 0 atom stereocenters. The number of aryl methyl sites for hydroxylation is 1. The van der Waals surface area contributed by atoms with Gasteiger partial charge in [0.2, 0.25) is 0 Å². The lowest BCUT2D eigenvalue weighted by molar-refractivity contribution is -0.136. The third-order valence-electron chi connectivity index (χ3n) is 5.45. The molecule has 1 heterocycles. The average Bonchev–Trinajstić information content (AvgIpc) is 3.26. The SMILES string of the molecule is CCCc1c(OCCCOc2ccc(CC(=O)O)cc2)ccc2c(-c3ccccc3)n[nH]c12. The number of carbonyl (C=O) groups is 1. The van der Waals surface area contributed by atoms with Crippen LogP contribution in [-0.2, 0) is 17.6 Å². The van der Waals surface area contributed by atoms with Crippen LogP contribution in [0.4, 0.5) is 0 Å². The van der Waals surface area contributed by atoms with Gasteiger partial charge in [-0.1, -0.05) is 55.8 Å². The van der Waals surface area contributed by atoms with E-state index in [2.05, 4.69) is 35.3 Å². The maximum atomic E-state index is 10.8. The quantitative estimate of drug-likeness (QED) is 0.292. The molecule has 0 bridgehead atoms. The van der Waals surface area contributed by atoms with Gasteiger partial charge in [0, 0.05) is 22.9 Å². The number of nitrogens with zero attached hydrogens (tertiary/aromatic N) is 1. The molecule has 4 aromatic rings. The number of hydrogen-bond acceptors (Lipinski definition) is 4. The first kappa shape index (κ1) is 22.4. The molecule has 6 heteroatoms. The monoisotopic (exact) mass is 444 g/mol. The number of aromatic nitrogens is 2. The highest BCUT2D eigenvalue weighted by Crippen LogP contribution is 2.33. The minimum absolute atomic E-state index is 0.0156. The predicted octanol–water partition coefficient (Wildman–Crippen LogP) is 5.66. The zero-order chi connectivity index (χ0) is 23.0. The van der Waals surface area contributed by atoms with Crippen LogP contribution in [0.25, 0.3) is 22.2 Å². The van der Waals surface area contributed by atoms with Gasteiger partial charge < -0.3 is 14.6 Å². The summed E-state index contributed by atoms with van der Waals surface area (Å²) < 4.78 is 11.9. The van der Waals surface area contributed by atoms with Crippen molar-refractivity contribution < 1.29 is 19.4 Å². The first-order chi connectivity index (χ1) is 16.2. The second kappa shape index (κ2) is 10.7. The van der Waals surface area contributed by atoms with E-state index in [9.17, 15) is 4.79 Å². The topological polar surface area (TPSA) is 84.4 Å². The molecule has 33 heavy (non-hydrogen) atoms. The Labute approximate surface area is 193 Å². The number of hydrogen-bond donors (Lipinski definition) is 2. The molecular formula is C27H28N2O4. The highest BCUT2D eigenvalue weighted by Gasteiger charge is 2.15. The molecule has 3 aromatic carbocycles. The summed E-state index contributed by atoms with van der Waals surface area (Å²) in [6.07, 6.45) is 2.67. The fourth-order valence-corrected chi connectivity index (χ4v) is 3.88. The van der Waals surface area contributed by atoms with Crippen LogP contribution in [0.1, 0.15) is 30.9 Å². The lowest BCUT2D eigenvalue weighted by Crippen LogP contribution is -2.06. The maximum absolute atomic E-state index is 10.8. The molecule has 0 saturated heterocycles. The molecule has 0 aliphatic carbocycles. The van der Waals surface area contributed by atoms with Gasteiger partial charge in [-0.2, -0.15) is 5.10 Å². The Bertz CT molecular complexity index is 1200. The van der Waals surface area contributed by atoms with Crippen LogP contribution in [-0.4, -0.2) is 34.5 Å². The molecular weight excluding hydrogens is 416 g/mol. The van der Waals surface area contributed by atoms with Gasteiger partial charge in [0.25, 0.3) is 0 Å². The van der Waals surface area contributed by atoms with Gasteiger partial charge in [-0.25, -0.2) is 0 Å². The standard InChI is InChI=1S/C27H28N2O4/c1-2-7-22-24(15-14-23-26(28-29-27(22)23)20-8-4-3-5-9-20)33-17-6-16-32-21-12-10-19(11-13-21)18-25(30)31/h3-5,8-15H,2,6-7,16-18H2,1H3,(H,28,29)(H,30,31). The maximum Gasteiger partial charge on any atom is 0.307 e. The van der Waals surface area contributed by atoms with E-state index < -0.39 is 5.97 Å². The van der Waals surface area contributed by atoms with Crippen LogP contribution >= 0.6 is 0 Å². The Morgan fingerprint density at radius 3 is 2.45 bits per heavy atom. The van der Waals surface area contributed by atoms with Gasteiger partial charge in [0.05, 0.1) is 30.8 Å². The van der Waals surface area contributed by atoms with Crippen molar-refractivity contribution in [1.29, 1.82) is 0 Å². The van der Waals surface area contributed by atoms with Crippen molar-refractivity contribution in [3.63, 3.8) is 0 Å². The van der Waals surface area contributed by atoms with Crippen molar-refractivity contribution in [2.75, 3.05) is 13.2 Å². The van der Waals surface area contributed by atoms with Gasteiger partial charge in [0.15, 0.2) is 0 Å². The molecule has 0 spiro atoms. The third-order valence-corrected chi connectivity index (χ3v) is 5.45. The summed E-state index contributed by atoms with van der Waals surface area (Å²) in [7, 11) is 0. The number of fused-ring (bicyclic) bond motifs is 1. The van der Waals surface area contributed by atoms with Crippen molar-refractivity contribution in [2.24, 2.45) is 0 Å². The van der Waals surface area contributed by atoms with Crippen LogP contribution < -0.4 is 9.47 Å². The van der Waals surface area contributed by atoms with Crippen LogP contribution in [0, 0.1) is 0 Å². The molecule has 4 rings (SSSR count). The molecule has 2 N–H and O–H groups in total. The number of aromatic amines is 1. The molecule has 170 valence electrons. The minimum Gasteiger partial charge on any atom is -0.493 e. The van der Waals surface area contributed by atoms with Gasteiger partial charge in [0.1, 0.15) is 11.5 Å². The zero-order valence-corrected chi connectivity index (χ0v) is 18.7. The Kier molecular flexibility index (Phi) is 7.25. The molecule has 1 aromatic heterocycles. The van der Waals surface area contributed by atoms with E-state index in [1.165, 1.54) is 0 Å². The highest BCUT2D eigenvalue weighted by molar-refractivity contribution is 5.95. The number of rotatable bonds is 11. The molecule has 6 nitrogen and oxygen atoms in total. The molecule has 0 aliphatic rings. The van der Waals surface area contributed by atoms with Crippen LogP contribution in [0.5, 0.6) is 11.5 Å². The largest absolute Gasteiger partial charge is 0.493 e. The number of carboxylic acids is 1. The molecule has 0 aliphatic heterocycles. The predicted molar refractivity (Wildman–Crippen MR) is 129 cm³/mol. The molecule has 0 fully saturated rings. The number of carboxylic acid groups (broad SMARTS) is 1. The van der Waals surface area contributed by atoms with Crippen LogP contribution in [0.3, 0.4) is 0 Å². The van der Waals surface area contributed by atoms with Gasteiger partial charge in [-0.3, -0.25) is 9.89 Å². The smallest absolute Gasteiger partial charge is 0.307 e. The summed E-state index contributed by atoms with van der Waals surface area (Å²) in [5.41, 5.74) is 4.99. The number of benzene rings is 3. The second-order valence-electron chi connectivity index (χ2n) is 7.92. The Hall–Kier alpha value is -3.80. The lowest BCUT2D eigenvalue weighted by atomic mass is 10.0. The number of H-pyrrole nitrogens is 1. The summed E-state index contributed by atoms with van der Waals surface area (Å²) in [5.74, 6) is 0.765. The highest BCUT2D eigenvalue weighted by atomic mass is 16.5. The van der Waals surface area contributed by atoms with Crippen molar-refractivity contribution in [1.82, 2.24) is 10.2 Å². The number of aliphatic carboxylic acids is 1. The Balaban J connectivity index is 1.37. The van der Waals surface area contributed by atoms with Gasteiger partial charge >= 0.3 is 5.97 Å². The van der Waals surface area contributed by atoms with E-state index >= 15 is 0 Å². The summed E-state index contributed by atoms with van der Waals surface area (Å²) >= 11 is 0. The average molecular weight is 445 g/mol. The molecule has 0 unspecified atom stereocenters. The van der Waals surface area contributed by atoms with Crippen molar-refractivity contribution in [2.45, 2.75) is 32.6 Å². The van der Waals surface area contributed by atoms with E-state index in [0.717, 1.165) is 64.0 Å². The number of ether oxygens (including phenoxy) is 2.